The number of nitrogens with zero attached hydrogens (tertiary/aromatic N) is 3. The lowest BCUT2D eigenvalue weighted by molar-refractivity contribution is 0.0523. The highest BCUT2D eigenvalue weighted by Gasteiger charge is 2.27. The van der Waals surface area contributed by atoms with Gasteiger partial charge < -0.3 is 19.1 Å². The summed E-state index contributed by atoms with van der Waals surface area (Å²) in [6.07, 6.45) is 1.55. The summed E-state index contributed by atoms with van der Waals surface area (Å²) in [5, 5.41) is 7.93. The first-order valence-electron chi connectivity index (χ1n) is 9.88. The fraction of sp³-hybridized carbons (Fsp3) is 0.261. The molecule has 1 aliphatic rings. The molecule has 0 bridgehead atoms. The molecule has 1 fully saturated rings. The minimum Gasteiger partial charge on any atom is -0.480 e. The molecule has 0 saturated carbocycles. The monoisotopic (exact) mass is 405 g/mol. The van der Waals surface area contributed by atoms with E-state index in [9.17, 15) is 4.79 Å². The van der Waals surface area contributed by atoms with Crippen molar-refractivity contribution in [2.24, 2.45) is 0 Å². The molecule has 7 nitrogen and oxygen atoms in total. The lowest BCUT2D eigenvalue weighted by Crippen LogP contribution is -2.44. The van der Waals surface area contributed by atoms with Gasteiger partial charge in [-0.25, -0.2) is 0 Å². The molecule has 7 heteroatoms. The zero-order chi connectivity index (χ0) is 20.8. The second kappa shape index (κ2) is 9.26. The number of benzene rings is 2. The van der Waals surface area contributed by atoms with Crippen molar-refractivity contribution in [1.29, 1.82) is 0 Å². The van der Waals surface area contributed by atoms with Crippen LogP contribution in [0.2, 0.25) is 0 Å². The summed E-state index contributed by atoms with van der Waals surface area (Å²) >= 11 is 0. The molecule has 1 saturated heterocycles. The highest BCUT2D eigenvalue weighted by molar-refractivity contribution is 5.97. The van der Waals surface area contributed by atoms with Crippen LogP contribution < -0.4 is 14.2 Å². The lowest BCUT2D eigenvalue weighted by Gasteiger charge is -2.32. The van der Waals surface area contributed by atoms with E-state index < -0.39 is 0 Å². The third kappa shape index (κ3) is 4.68. The summed E-state index contributed by atoms with van der Waals surface area (Å²) in [4.78, 5) is 15.0. The maximum absolute atomic E-state index is 13.2. The first-order chi connectivity index (χ1) is 14.7. The van der Waals surface area contributed by atoms with Crippen molar-refractivity contribution in [2.75, 3.05) is 20.2 Å². The molecule has 1 unspecified atom stereocenters. The standard InChI is InChI=1S/C23H23N3O4/c1-28-21-13-14-22(25-24-21)30-18-10-7-15-26(16-18)23(27)19-11-5-6-12-20(19)29-17-8-3-2-4-9-17/h2-6,8-9,11-14,18H,7,10,15-16H2,1H3. The summed E-state index contributed by atoms with van der Waals surface area (Å²) in [5.74, 6) is 2.00. The molecule has 154 valence electrons. The molecule has 4 rings (SSSR count). The average molecular weight is 405 g/mol. The van der Waals surface area contributed by atoms with Crippen molar-refractivity contribution in [2.45, 2.75) is 18.9 Å². The van der Waals surface area contributed by atoms with Gasteiger partial charge in [-0.15, -0.1) is 10.2 Å². The van der Waals surface area contributed by atoms with E-state index >= 15 is 0 Å². The molecule has 1 aromatic heterocycles. The van der Waals surface area contributed by atoms with Crippen LogP contribution in [0, 0.1) is 0 Å². The second-order valence-corrected chi connectivity index (χ2v) is 6.96. The van der Waals surface area contributed by atoms with E-state index in [1.54, 1.807) is 23.1 Å². The van der Waals surface area contributed by atoms with E-state index in [-0.39, 0.29) is 12.0 Å². The van der Waals surface area contributed by atoms with Gasteiger partial charge >= 0.3 is 0 Å². The number of likely N-dealkylation sites (tertiary alicyclic amines) is 1. The van der Waals surface area contributed by atoms with Crippen LogP contribution in [0.1, 0.15) is 23.2 Å². The van der Waals surface area contributed by atoms with Crippen LogP contribution in [0.15, 0.2) is 66.7 Å². The van der Waals surface area contributed by atoms with Crippen molar-refractivity contribution in [3.05, 3.63) is 72.3 Å². The molecular weight excluding hydrogens is 382 g/mol. The number of hydrogen-bond acceptors (Lipinski definition) is 6. The molecule has 0 spiro atoms. The third-order valence-corrected chi connectivity index (χ3v) is 4.87. The molecule has 0 radical (unpaired) electrons. The summed E-state index contributed by atoms with van der Waals surface area (Å²) in [5.41, 5.74) is 0.534. The number of aromatic nitrogens is 2. The van der Waals surface area contributed by atoms with E-state index in [1.165, 1.54) is 7.11 Å². The van der Waals surface area contributed by atoms with Crippen LogP contribution in [0.5, 0.6) is 23.3 Å². The Balaban J connectivity index is 1.45. The van der Waals surface area contributed by atoms with Crippen molar-refractivity contribution in [3.8, 4) is 23.3 Å². The fourth-order valence-corrected chi connectivity index (χ4v) is 3.39. The summed E-state index contributed by atoms with van der Waals surface area (Å²) in [7, 11) is 1.54. The zero-order valence-electron chi connectivity index (χ0n) is 16.7. The Morgan fingerprint density at radius 2 is 1.70 bits per heavy atom. The Morgan fingerprint density at radius 1 is 0.967 bits per heavy atom. The van der Waals surface area contributed by atoms with Crippen molar-refractivity contribution in [1.82, 2.24) is 15.1 Å². The normalized spacial score (nSPS) is 16.0. The van der Waals surface area contributed by atoms with E-state index in [4.69, 9.17) is 14.2 Å². The van der Waals surface area contributed by atoms with Crippen LogP contribution >= 0.6 is 0 Å². The smallest absolute Gasteiger partial charge is 0.257 e. The number of amides is 1. The lowest BCUT2D eigenvalue weighted by atomic mass is 10.1. The number of hydrogen-bond donors (Lipinski definition) is 0. The van der Waals surface area contributed by atoms with E-state index in [2.05, 4.69) is 10.2 Å². The maximum Gasteiger partial charge on any atom is 0.257 e. The number of para-hydroxylation sites is 2. The molecule has 2 heterocycles. The van der Waals surface area contributed by atoms with Gasteiger partial charge in [0.15, 0.2) is 0 Å². The Morgan fingerprint density at radius 3 is 2.47 bits per heavy atom. The molecule has 0 N–H and O–H groups in total. The SMILES string of the molecule is COc1ccc(OC2CCCN(C(=O)c3ccccc3Oc3ccccc3)C2)nn1. The van der Waals surface area contributed by atoms with E-state index in [0.717, 1.165) is 12.8 Å². The summed E-state index contributed by atoms with van der Waals surface area (Å²) < 4.78 is 16.9. The van der Waals surface area contributed by atoms with Gasteiger partial charge in [0, 0.05) is 18.7 Å². The molecule has 1 atom stereocenters. The number of ether oxygens (including phenoxy) is 3. The zero-order valence-corrected chi connectivity index (χ0v) is 16.7. The number of rotatable bonds is 6. The number of piperidine rings is 1. The summed E-state index contributed by atoms with van der Waals surface area (Å²) in [6.45, 7) is 1.15. The van der Waals surface area contributed by atoms with Gasteiger partial charge in [0.2, 0.25) is 11.8 Å². The highest BCUT2D eigenvalue weighted by Crippen LogP contribution is 2.27. The molecule has 3 aromatic rings. The molecule has 1 amide bonds. The Kier molecular flexibility index (Phi) is 6.08. The fourth-order valence-electron chi connectivity index (χ4n) is 3.39. The van der Waals surface area contributed by atoms with Crippen LogP contribution in [-0.2, 0) is 0 Å². The predicted octanol–water partition coefficient (Wildman–Crippen LogP) is 3.96. The molecular formula is C23H23N3O4. The maximum atomic E-state index is 13.2. The highest BCUT2D eigenvalue weighted by atomic mass is 16.5. The predicted molar refractivity (Wildman–Crippen MR) is 111 cm³/mol. The quantitative estimate of drug-likeness (QED) is 0.618. The average Bonchev–Trinajstić information content (AvgIpc) is 2.80. The van der Waals surface area contributed by atoms with Crippen LogP contribution in [0.25, 0.3) is 0 Å². The van der Waals surface area contributed by atoms with E-state index in [1.807, 2.05) is 48.5 Å². The first-order valence-corrected chi connectivity index (χ1v) is 9.88. The third-order valence-electron chi connectivity index (χ3n) is 4.87. The van der Waals surface area contributed by atoms with Gasteiger partial charge in [0.1, 0.15) is 17.6 Å². The first kappa shape index (κ1) is 19.7. The van der Waals surface area contributed by atoms with Crippen LogP contribution in [-0.4, -0.2) is 47.3 Å². The molecule has 30 heavy (non-hydrogen) atoms. The van der Waals surface area contributed by atoms with Gasteiger partial charge in [-0.3, -0.25) is 4.79 Å². The van der Waals surface area contributed by atoms with Crippen molar-refractivity contribution >= 4 is 5.91 Å². The Bertz CT molecular complexity index is 979. The van der Waals surface area contributed by atoms with Gasteiger partial charge in [0.25, 0.3) is 5.91 Å². The largest absolute Gasteiger partial charge is 0.480 e. The summed E-state index contributed by atoms with van der Waals surface area (Å²) in [6, 6.07) is 20.2. The molecule has 0 aliphatic carbocycles. The van der Waals surface area contributed by atoms with Gasteiger partial charge in [-0.1, -0.05) is 30.3 Å². The Labute approximate surface area is 175 Å². The van der Waals surface area contributed by atoms with Crippen molar-refractivity contribution in [3.63, 3.8) is 0 Å². The number of methoxy groups -OCH3 is 1. The van der Waals surface area contributed by atoms with Crippen molar-refractivity contribution < 1.29 is 19.0 Å². The van der Waals surface area contributed by atoms with Crippen LogP contribution in [0.4, 0.5) is 0 Å². The minimum absolute atomic E-state index is 0.0735. The molecule has 1 aliphatic heterocycles. The second-order valence-electron chi connectivity index (χ2n) is 6.96. The van der Waals surface area contributed by atoms with E-state index in [0.29, 0.717) is 41.9 Å². The minimum atomic E-state index is -0.146. The number of carbonyl (C=O) groups excluding carboxylic acids is 1. The van der Waals surface area contributed by atoms with Gasteiger partial charge in [-0.2, -0.15) is 0 Å². The Hall–Kier alpha value is -3.61. The number of carbonyl (C=O) groups is 1. The topological polar surface area (TPSA) is 73.8 Å². The van der Waals surface area contributed by atoms with Gasteiger partial charge in [0.05, 0.1) is 19.2 Å². The molecule has 2 aromatic carbocycles. The van der Waals surface area contributed by atoms with Crippen LogP contribution in [0.3, 0.4) is 0 Å². The van der Waals surface area contributed by atoms with Gasteiger partial charge in [-0.05, 0) is 37.1 Å².